The molecule has 0 saturated carbocycles. The fourth-order valence-corrected chi connectivity index (χ4v) is 2.39. The third kappa shape index (κ3) is 5.26. The van der Waals surface area contributed by atoms with E-state index in [2.05, 4.69) is 10.5 Å². The molecule has 0 spiro atoms. The maximum atomic E-state index is 13.5. The van der Waals surface area contributed by atoms with Crippen LogP contribution in [0.2, 0.25) is 0 Å². The number of halogens is 1. The second-order valence-electron chi connectivity index (χ2n) is 5.87. The maximum Gasteiger partial charge on any atom is 0.343 e. The van der Waals surface area contributed by atoms with Gasteiger partial charge in [0.2, 0.25) is 0 Å². The van der Waals surface area contributed by atoms with Gasteiger partial charge in [0.1, 0.15) is 17.3 Å². The first kappa shape index (κ1) is 19.8. The summed E-state index contributed by atoms with van der Waals surface area (Å²) < 4.78 is 23.9. The molecule has 0 fully saturated rings. The number of carbonyl (C=O) groups is 2. The summed E-state index contributed by atoms with van der Waals surface area (Å²) in [5, 5.41) is 3.80. The van der Waals surface area contributed by atoms with E-state index < -0.39 is 17.7 Å². The van der Waals surface area contributed by atoms with E-state index in [-0.39, 0.29) is 5.56 Å². The molecule has 0 saturated heterocycles. The Morgan fingerprint density at radius 1 is 0.931 bits per heavy atom. The zero-order valence-corrected chi connectivity index (χ0v) is 15.5. The van der Waals surface area contributed by atoms with Crippen LogP contribution in [-0.2, 0) is 0 Å². The van der Waals surface area contributed by atoms with Gasteiger partial charge in [0.15, 0.2) is 0 Å². The van der Waals surface area contributed by atoms with Gasteiger partial charge in [-0.15, -0.1) is 0 Å². The molecule has 146 valence electrons. The summed E-state index contributed by atoms with van der Waals surface area (Å²) in [7, 11) is 1.55. The van der Waals surface area contributed by atoms with Crippen molar-refractivity contribution >= 4 is 18.1 Å². The third-order valence-corrected chi connectivity index (χ3v) is 3.91. The average molecular weight is 392 g/mol. The Labute approximate surface area is 166 Å². The molecule has 3 rings (SSSR count). The van der Waals surface area contributed by atoms with Gasteiger partial charge in [-0.3, -0.25) is 4.79 Å². The predicted molar refractivity (Wildman–Crippen MR) is 106 cm³/mol. The lowest BCUT2D eigenvalue weighted by Gasteiger charge is -2.05. The van der Waals surface area contributed by atoms with Crippen molar-refractivity contribution in [3.8, 4) is 11.5 Å². The first-order valence-corrected chi connectivity index (χ1v) is 8.61. The van der Waals surface area contributed by atoms with Crippen LogP contribution < -0.4 is 14.9 Å². The molecule has 7 heteroatoms. The summed E-state index contributed by atoms with van der Waals surface area (Å²) in [4.78, 5) is 24.0. The highest BCUT2D eigenvalue weighted by Gasteiger charge is 2.10. The number of nitrogens with one attached hydrogen (secondary N) is 1. The molecule has 0 unspecified atom stereocenters. The molecule has 1 amide bonds. The van der Waals surface area contributed by atoms with Crippen molar-refractivity contribution in [3.63, 3.8) is 0 Å². The van der Waals surface area contributed by atoms with Crippen molar-refractivity contribution in [1.29, 1.82) is 0 Å². The number of hydrogen-bond acceptors (Lipinski definition) is 5. The predicted octanol–water partition coefficient (Wildman–Crippen LogP) is 3.82. The van der Waals surface area contributed by atoms with Crippen LogP contribution >= 0.6 is 0 Å². The molecule has 0 radical (unpaired) electrons. The zero-order chi connectivity index (χ0) is 20.6. The number of methoxy groups -OCH3 is 1. The molecule has 0 heterocycles. The van der Waals surface area contributed by atoms with Gasteiger partial charge in [0, 0.05) is 0 Å². The number of carbonyl (C=O) groups excluding carboxylic acids is 2. The largest absolute Gasteiger partial charge is 0.497 e. The number of amides is 1. The Kier molecular flexibility index (Phi) is 6.32. The minimum Gasteiger partial charge on any atom is -0.497 e. The standard InChI is InChI=1S/C22H17FN2O4/c1-28-17-12-8-16(9-13-17)22(27)29-18-10-6-15(7-11-18)14-24-25-21(26)19-4-2-3-5-20(19)23/h2-14H,1H3,(H,25,26)/b24-14+. The third-order valence-electron chi connectivity index (χ3n) is 3.91. The molecule has 0 aliphatic rings. The lowest BCUT2D eigenvalue weighted by Crippen LogP contribution is -2.18. The molecule has 0 aliphatic carbocycles. The Morgan fingerprint density at radius 3 is 2.24 bits per heavy atom. The summed E-state index contributed by atoms with van der Waals surface area (Å²) in [6, 6.07) is 18.7. The van der Waals surface area contributed by atoms with E-state index in [9.17, 15) is 14.0 Å². The van der Waals surface area contributed by atoms with Crippen molar-refractivity contribution in [3.05, 3.63) is 95.3 Å². The van der Waals surface area contributed by atoms with Crippen molar-refractivity contribution in [2.24, 2.45) is 5.10 Å². The van der Waals surface area contributed by atoms with Gasteiger partial charge in [-0.1, -0.05) is 12.1 Å². The number of benzene rings is 3. The second-order valence-corrected chi connectivity index (χ2v) is 5.87. The molecular weight excluding hydrogens is 375 g/mol. The minimum absolute atomic E-state index is 0.0922. The van der Waals surface area contributed by atoms with Crippen LogP contribution in [0.25, 0.3) is 0 Å². The molecule has 0 aliphatic heterocycles. The number of esters is 1. The van der Waals surface area contributed by atoms with Crippen LogP contribution in [0.1, 0.15) is 26.3 Å². The van der Waals surface area contributed by atoms with Gasteiger partial charge < -0.3 is 9.47 Å². The van der Waals surface area contributed by atoms with E-state index in [0.717, 1.165) is 0 Å². The van der Waals surface area contributed by atoms with Gasteiger partial charge in [-0.05, 0) is 66.2 Å². The number of rotatable bonds is 6. The summed E-state index contributed by atoms with van der Waals surface area (Å²) in [5.41, 5.74) is 3.22. The normalized spacial score (nSPS) is 10.6. The lowest BCUT2D eigenvalue weighted by atomic mass is 10.2. The fraction of sp³-hybridized carbons (Fsp3) is 0.0455. The summed E-state index contributed by atoms with van der Waals surface area (Å²) in [6.45, 7) is 0. The van der Waals surface area contributed by atoms with E-state index in [1.807, 2.05) is 0 Å². The van der Waals surface area contributed by atoms with Crippen molar-refractivity contribution in [2.75, 3.05) is 7.11 Å². The Morgan fingerprint density at radius 2 is 1.59 bits per heavy atom. The first-order valence-electron chi connectivity index (χ1n) is 8.61. The maximum absolute atomic E-state index is 13.5. The number of ether oxygens (including phenoxy) is 2. The average Bonchev–Trinajstić information content (AvgIpc) is 2.75. The first-order chi connectivity index (χ1) is 14.1. The van der Waals surface area contributed by atoms with E-state index in [4.69, 9.17) is 9.47 Å². The highest BCUT2D eigenvalue weighted by atomic mass is 19.1. The fourth-order valence-electron chi connectivity index (χ4n) is 2.39. The van der Waals surface area contributed by atoms with Gasteiger partial charge in [0.05, 0.1) is 24.5 Å². The van der Waals surface area contributed by atoms with E-state index in [1.54, 1.807) is 61.7 Å². The molecule has 3 aromatic rings. The van der Waals surface area contributed by atoms with Gasteiger partial charge >= 0.3 is 5.97 Å². The van der Waals surface area contributed by atoms with E-state index in [1.165, 1.54) is 24.4 Å². The summed E-state index contributed by atoms with van der Waals surface area (Å²) in [6.07, 6.45) is 1.40. The molecule has 3 aromatic carbocycles. The van der Waals surface area contributed by atoms with Crippen LogP contribution in [0.4, 0.5) is 4.39 Å². The number of hydrazone groups is 1. The highest BCUT2D eigenvalue weighted by molar-refractivity contribution is 5.95. The Bertz CT molecular complexity index is 1030. The lowest BCUT2D eigenvalue weighted by molar-refractivity contribution is 0.0734. The number of nitrogens with zero attached hydrogens (tertiary/aromatic N) is 1. The molecule has 0 aromatic heterocycles. The summed E-state index contributed by atoms with van der Waals surface area (Å²) >= 11 is 0. The quantitative estimate of drug-likeness (QED) is 0.299. The van der Waals surface area contributed by atoms with Crippen molar-refractivity contribution in [2.45, 2.75) is 0 Å². The molecule has 6 nitrogen and oxygen atoms in total. The van der Waals surface area contributed by atoms with Crippen LogP contribution in [0, 0.1) is 5.82 Å². The minimum atomic E-state index is -0.649. The Hall–Kier alpha value is -4.00. The van der Waals surface area contributed by atoms with Gasteiger partial charge in [0.25, 0.3) is 5.91 Å². The van der Waals surface area contributed by atoms with Crippen LogP contribution in [0.15, 0.2) is 77.9 Å². The van der Waals surface area contributed by atoms with Gasteiger partial charge in [-0.2, -0.15) is 5.10 Å². The van der Waals surface area contributed by atoms with Crippen LogP contribution in [0.3, 0.4) is 0 Å². The van der Waals surface area contributed by atoms with E-state index >= 15 is 0 Å². The SMILES string of the molecule is COc1ccc(C(=O)Oc2ccc(/C=N/NC(=O)c3ccccc3F)cc2)cc1. The second kappa shape index (κ2) is 9.27. The van der Waals surface area contributed by atoms with Gasteiger partial charge in [-0.25, -0.2) is 14.6 Å². The molecular formula is C22H17FN2O4. The molecule has 0 bridgehead atoms. The topological polar surface area (TPSA) is 77.0 Å². The Balaban J connectivity index is 1.56. The molecule has 0 atom stereocenters. The van der Waals surface area contributed by atoms with Crippen molar-refractivity contribution < 1.29 is 23.5 Å². The van der Waals surface area contributed by atoms with E-state index in [0.29, 0.717) is 22.6 Å². The van der Waals surface area contributed by atoms with Crippen LogP contribution in [0.5, 0.6) is 11.5 Å². The zero-order valence-electron chi connectivity index (χ0n) is 15.5. The monoisotopic (exact) mass is 392 g/mol. The number of hydrogen-bond donors (Lipinski definition) is 1. The van der Waals surface area contributed by atoms with Crippen LogP contribution in [-0.4, -0.2) is 25.2 Å². The highest BCUT2D eigenvalue weighted by Crippen LogP contribution is 2.16. The molecule has 1 N–H and O–H groups in total. The molecule has 29 heavy (non-hydrogen) atoms. The smallest absolute Gasteiger partial charge is 0.343 e. The summed E-state index contributed by atoms with van der Waals surface area (Å²) in [5.74, 6) is -0.760. The van der Waals surface area contributed by atoms with Crippen molar-refractivity contribution in [1.82, 2.24) is 5.43 Å².